The average Bonchev–Trinajstić information content (AvgIpc) is 2.90. The van der Waals surface area contributed by atoms with Crippen LogP contribution in [0.5, 0.6) is 11.6 Å². The van der Waals surface area contributed by atoms with Crippen molar-refractivity contribution in [3.8, 4) is 11.6 Å². The number of nitrogens with zero attached hydrogens (tertiary/aromatic N) is 2. The van der Waals surface area contributed by atoms with Gasteiger partial charge in [0.25, 0.3) is 0 Å². The topological polar surface area (TPSA) is 102 Å². The molecule has 2 heterocycles. The molecule has 0 aliphatic carbocycles. The molecule has 0 aromatic carbocycles. The highest BCUT2D eigenvalue weighted by molar-refractivity contribution is 6.00. The lowest BCUT2D eigenvalue weighted by Gasteiger charge is -2.26. The molecule has 1 aromatic heterocycles. The van der Waals surface area contributed by atoms with Crippen LogP contribution in [0.15, 0.2) is 12.3 Å². The largest absolute Gasteiger partial charge is 0.493 e. The SMILES string of the molecule is CCCCCCCCCCCCCCCC(=O)Oc1nccc(OCCCN2CCCCC2)c1C(=N)N.Cl. The lowest BCUT2D eigenvalue weighted by molar-refractivity contribution is -0.134. The minimum atomic E-state index is -0.333. The van der Waals surface area contributed by atoms with Crippen molar-refractivity contribution in [2.24, 2.45) is 5.73 Å². The number of halogens is 1. The fraction of sp³-hybridized carbons (Fsp3) is 0.767. The molecule has 0 spiro atoms. The maximum Gasteiger partial charge on any atom is 0.312 e. The molecule has 38 heavy (non-hydrogen) atoms. The van der Waals surface area contributed by atoms with Crippen LogP contribution < -0.4 is 15.2 Å². The molecular weight excluding hydrogens is 500 g/mol. The van der Waals surface area contributed by atoms with E-state index in [1.807, 2.05) is 0 Å². The average molecular weight is 553 g/mol. The van der Waals surface area contributed by atoms with E-state index in [0.717, 1.165) is 45.3 Å². The lowest BCUT2D eigenvalue weighted by atomic mass is 10.0. The number of ether oxygens (including phenoxy) is 2. The Morgan fingerprint density at radius 3 is 2.08 bits per heavy atom. The number of carbonyl (C=O) groups excluding carboxylic acids is 1. The van der Waals surface area contributed by atoms with Gasteiger partial charge in [0, 0.05) is 19.2 Å². The first-order valence-corrected chi connectivity index (χ1v) is 15.0. The highest BCUT2D eigenvalue weighted by atomic mass is 35.5. The molecule has 2 rings (SSSR count). The van der Waals surface area contributed by atoms with Crippen molar-refractivity contribution in [2.75, 3.05) is 26.2 Å². The van der Waals surface area contributed by atoms with Gasteiger partial charge in [-0.25, -0.2) is 4.98 Å². The molecule has 0 saturated carbocycles. The highest BCUT2D eigenvalue weighted by Gasteiger charge is 2.18. The second kappa shape index (κ2) is 22.0. The standard InChI is InChI=1S/C30H52N4O3.ClH/c1-2-3-4-5-6-7-8-9-10-11-12-13-15-19-27(35)37-30-28(29(31)32)26(20-21-33-30)36-25-18-24-34-22-16-14-17-23-34;/h20-21H,2-19,22-25H2,1H3,(H3,31,32);1H. The van der Waals surface area contributed by atoms with Crippen LogP contribution in [0.4, 0.5) is 0 Å². The van der Waals surface area contributed by atoms with Crippen molar-refractivity contribution in [1.29, 1.82) is 5.41 Å². The van der Waals surface area contributed by atoms with Crippen LogP contribution >= 0.6 is 12.4 Å². The summed E-state index contributed by atoms with van der Waals surface area (Å²) >= 11 is 0. The molecule has 218 valence electrons. The predicted octanol–water partition coefficient (Wildman–Crippen LogP) is 7.43. The van der Waals surface area contributed by atoms with E-state index in [2.05, 4.69) is 16.8 Å². The number of pyridine rings is 1. The Balaban J connectivity index is 0.00000722. The fourth-order valence-electron chi connectivity index (χ4n) is 4.97. The van der Waals surface area contributed by atoms with Gasteiger partial charge < -0.3 is 20.1 Å². The van der Waals surface area contributed by atoms with Gasteiger partial charge in [-0.15, -0.1) is 12.4 Å². The normalized spacial score (nSPS) is 13.6. The summed E-state index contributed by atoms with van der Waals surface area (Å²) in [5.74, 6) is -0.0196. The molecular formula is C30H53ClN4O3. The number of piperidine rings is 1. The van der Waals surface area contributed by atoms with Crippen LogP contribution in [-0.2, 0) is 4.79 Å². The van der Waals surface area contributed by atoms with Gasteiger partial charge in [0.1, 0.15) is 17.1 Å². The van der Waals surface area contributed by atoms with Gasteiger partial charge >= 0.3 is 5.97 Å². The van der Waals surface area contributed by atoms with Crippen LogP contribution in [0.2, 0.25) is 0 Å². The van der Waals surface area contributed by atoms with Crippen molar-refractivity contribution in [3.05, 3.63) is 17.8 Å². The van der Waals surface area contributed by atoms with Crippen LogP contribution in [0.25, 0.3) is 0 Å². The number of nitrogen functional groups attached to an aromatic ring is 1. The summed E-state index contributed by atoms with van der Waals surface area (Å²) in [6.45, 7) is 6.10. The zero-order valence-electron chi connectivity index (χ0n) is 23.8. The zero-order chi connectivity index (χ0) is 26.6. The van der Waals surface area contributed by atoms with Crippen LogP contribution in [-0.4, -0.2) is 47.9 Å². The summed E-state index contributed by atoms with van der Waals surface area (Å²) in [7, 11) is 0. The highest BCUT2D eigenvalue weighted by Crippen LogP contribution is 2.26. The van der Waals surface area contributed by atoms with E-state index in [1.165, 1.54) is 83.5 Å². The number of aromatic nitrogens is 1. The number of hydrogen-bond acceptors (Lipinski definition) is 6. The fourth-order valence-corrected chi connectivity index (χ4v) is 4.97. The molecule has 1 aliphatic rings. The number of rotatable bonds is 21. The Hall–Kier alpha value is -1.86. The predicted molar refractivity (Wildman–Crippen MR) is 159 cm³/mol. The summed E-state index contributed by atoms with van der Waals surface area (Å²) < 4.78 is 11.4. The van der Waals surface area contributed by atoms with Crippen molar-refractivity contribution in [3.63, 3.8) is 0 Å². The van der Waals surface area contributed by atoms with Gasteiger partial charge in [-0.2, -0.15) is 0 Å². The number of hydrogen-bond donors (Lipinski definition) is 2. The minimum Gasteiger partial charge on any atom is -0.493 e. The molecule has 0 atom stereocenters. The van der Waals surface area contributed by atoms with Crippen LogP contribution in [0.1, 0.15) is 128 Å². The van der Waals surface area contributed by atoms with E-state index < -0.39 is 0 Å². The van der Waals surface area contributed by atoms with Crippen LogP contribution in [0.3, 0.4) is 0 Å². The van der Waals surface area contributed by atoms with Crippen molar-refractivity contribution < 1.29 is 14.3 Å². The number of nitrogens with two attached hydrogens (primary N) is 1. The molecule has 0 unspecified atom stereocenters. The molecule has 3 N–H and O–H groups in total. The summed E-state index contributed by atoms with van der Waals surface area (Å²) in [6, 6.07) is 1.68. The van der Waals surface area contributed by atoms with Gasteiger partial charge in [0.2, 0.25) is 5.88 Å². The minimum absolute atomic E-state index is 0. The number of amidine groups is 1. The molecule has 7 nitrogen and oxygen atoms in total. The van der Waals surface area contributed by atoms with Gasteiger partial charge in [-0.1, -0.05) is 90.4 Å². The molecule has 0 amide bonds. The Morgan fingerprint density at radius 1 is 0.921 bits per heavy atom. The Morgan fingerprint density at radius 2 is 1.50 bits per heavy atom. The quantitative estimate of drug-likeness (QED) is 0.0711. The van der Waals surface area contributed by atoms with Gasteiger partial charge in [-0.05, 0) is 44.8 Å². The molecule has 1 fully saturated rings. The number of likely N-dealkylation sites (tertiary alicyclic amines) is 1. The van der Waals surface area contributed by atoms with Gasteiger partial charge in [-0.3, -0.25) is 10.2 Å². The van der Waals surface area contributed by atoms with E-state index >= 15 is 0 Å². The monoisotopic (exact) mass is 552 g/mol. The third-order valence-electron chi connectivity index (χ3n) is 7.17. The first-order chi connectivity index (χ1) is 18.1. The molecule has 1 aromatic rings. The number of esters is 1. The summed E-state index contributed by atoms with van der Waals surface area (Å²) in [5.41, 5.74) is 6.06. The van der Waals surface area contributed by atoms with Gasteiger partial charge in [0.15, 0.2) is 0 Å². The van der Waals surface area contributed by atoms with E-state index in [-0.39, 0.29) is 35.7 Å². The third kappa shape index (κ3) is 14.9. The number of nitrogens with one attached hydrogen (secondary N) is 1. The number of carbonyl (C=O) groups is 1. The molecule has 0 bridgehead atoms. The number of unbranched alkanes of at least 4 members (excludes halogenated alkanes) is 12. The van der Waals surface area contributed by atoms with Crippen LogP contribution in [0, 0.1) is 5.41 Å². The van der Waals surface area contributed by atoms with Crippen molar-refractivity contribution in [1.82, 2.24) is 9.88 Å². The Bertz CT molecular complexity index is 772. The van der Waals surface area contributed by atoms with E-state index in [1.54, 1.807) is 12.3 Å². The Kier molecular flexibility index (Phi) is 19.8. The summed E-state index contributed by atoms with van der Waals surface area (Å²) in [4.78, 5) is 19.0. The summed E-state index contributed by atoms with van der Waals surface area (Å²) in [5, 5.41) is 7.97. The molecule has 8 heteroatoms. The van der Waals surface area contributed by atoms with Crippen molar-refractivity contribution in [2.45, 2.75) is 122 Å². The lowest BCUT2D eigenvalue weighted by Crippen LogP contribution is -2.31. The van der Waals surface area contributed by atoms with E-state index in [9.17, 15) is 4.79 Å². The van der Waals surface area contributed by atoms with E-state index in [4.69, 9.17) is 20.6 Å². The van der Waals surface area contributed by atoms with E-state index in [0.29, 0.717) is 18.8 Å². The van der Waals surface area contributed by atoms with Crippen molar-refractivity contribution >= 4 is 24.2 Å². The smallest absolute Gasteiger partial charge is 0.312 e. The molecule has 1 aliphatic heterocycles. The maximum absolute atomic E-state index is 12.4. The summed E-state index contributed by atoms with van der Waals surface area (Å²) in [6.07, 6.45) is 23.1. The third-order valence-corrected chi connectivity index (χ3v) is 7.17. The Labute approximate surface area is 237 Å². The molecule has 1 saturated heterocycles. The van der Waals surface area contributed by atoms with Gasteiger partial charge in [0.05, 0.1) is 6.61 Å². The first-order valence-electron chi connectivity index (χ1n) is 15.0. The zero-order valence-corrected chi connectivity index (χ0v) is 24.6. The second-order valence-electron chi connectivity index (χ2n) is 10.5. The second-order valence-corrected chi connectivity index (χ2v) is 10.5. The molecule has 0 radical (unpaired) electrons. The maximum atomic E-state index is 12.4. The first kappa shape index (κ1) is 34.2.